The monoisotopic (exact) mass is 486 g/mol. The number of fused-ring (bicyclic) bond motifs is 5. The Hall–Kier alpha value is -0.0831. The second-order valence-corrected chi connectivity index (χ2v) is 20.1. The minimum absolute atomic E-state index is 0.183. The lowest BCUT2D eigenvalue weighted by Gasteiger charge is -2.62. The molecule has 4 aliphatic rings. The van der Waals surface area contributed by atoms with E-state index in [-0.39, 0.29) is 5.41 Å². The summed E-state index contributed by atoms with van der Waals surface area (Å²) in [5.74, 6) is 5.49. The molecule has 1 nitrogen and oxygen atoms in total. The molecule has 0 radical (unpaired) electrons. The summed E-state index contributed by atoms with van der Waals surface area (Å²) in [6, 6.07) is 0. The van der Waals surface area contributed by atoms with E-state index in [4.69, 9.17) is 4.43 Å². The third kappa shape index (κ3) is 4.66. The Balaban J connectivity index is 1.53. The fourth-order valence-electron chi connectivity index (χ4n) is 10.0. The van der Waals surface area contributed by atoms with Crippen LogP contribution in [0.5, 0.6) is 0 Å². The number of hydrogen-bond acceptors (Lipinski definition) is 1. The lowest BCUT2D eigenvalue weighted by molar-refractivity contribution is -0.0752. The minimum atomic E-state index is -1.54. The van der Waals surface area contributed by atoms with Gasteiger partial charge in [0.2, 0.25) is 0 Å². The summed E-state index contributed by atoms with van der Waals surface area (Å²) in [6.07, 6.45) is 17.3. The molecule has 0 aromatic carbocycles. The molecule has 3 saturated carbocycles. The normalized spacial score (nSPS) is 42.6. The van der Waals surface area contributed by atoms with Crippen LogP contribution in [0.2, 0.25) is 19.6 Å². The lowest BCUT2D eigenvalue weighted by atomic mass is 9.44. The van der Waals surface area contributed by atoms with E-state index in [0.29, 0.717) is 16.9 Å². The van der Waals surface area contributed by atoms with Gasteiger partial charge in [0.15, 0.2) is 8.32 Å². The maximum absolute atomic E-state index is 6.79. The number of rotatable bonds is 7. The van der Waals surface area contributed by atoms with E-state index in [9.17, 15) is 0 Å². The average molecular weight is 487 g/mol. The molecule has 8 atom stereocenters. The summed E-state index contributed by atoms with van der Waals surface area (Å²) in [6.45, 7) is 24.9. The molecule has 0 saturated heterocycles. The molecule has 0 spiro atoms. The van der Waals surface area contributed by atoms with Gasteiger partial charge in [0.05, 0.1) is 6.10 Å². The molecule has 0 heterocycles. The molecule has 4 rings (SSSR count). The Kier molecular flexibility index (Phi) is 7.41. The van der Waals surface area contributed by atoms with Crippen molar-refractivity contribution in [3.05, 3.63) is 11.6 Å². The average Bonchev–Trinajstić information content (AvgIpc) is 3.06. The van der Waals surface area contributed by atoms with Crippen molar-refractivity contribution in [1.29, 1.82) is 0 Å². The highest BCUT2D eigenvalue weighted by molar-refractivity contribution is 6.69. The first-order chi connectivity index (χ1) is 15.7. The highest BCUT2D eigenvalue weighted by Gasteiger charge is 2.61. The predicted octanol–water partition coefficient (Wildman–Crippen LogP) is 9.88. The topological polar surface area (TPSA) is 9.23 Å². The Labute approximate surface area is 214 Å². The molecule has 34 heavy (non-hydrogen) atoms. The van der Waals surface area contributed by atoms with Crippen LogP contribution < -0.4 is 0 Å². The van der Waals surface area contributed by atoms with Gasteiger partial charge < -0.3 is 4.43 Å². The molecule has 4 aliphatic carbocycles. The third-order valence-corrected chi connectivity index (χ3v) is 12.6. The Morgan fingerprint density at radius 3 is 2.26 bits per heavy atom. The summed E-state index contributed by atoms with van der Waals surface area (Å²) < 4.78 is 6.79. The summed E-state index contributed by atoms with van der Waals surface area (Å²) >= 11 is 0. The third-order valence-electron chi connectivity index (χ3n) is 11.6. The SMILES string of the molecule is CC(C)CCCC(C)C1CCC2C3CC=C4C(C)(C)C(O[Si](C)(C)C)CCC4(C)C3CCC12C. The van der Waals surface area contributed by atoms with Crippen molar-refractivity contribution < 1.29 is 4.43 Å². The zero-order valence-electron chi connectivity index (χ0n) is 24.6. The van der Waals surface area contributed by atoms with Gasteiger partial charge in [-0.05, 0) is 111 Å². The van der Waals surface area contributed by atoms with Crippen LogP contribution in [-0.4, -0.2) is 14.4 Å². The van der Waals surface area contributed by atoms with Crippen LogP contribution >= 0.6 is 0 Å². The van der Waals surface area contributed by atoms with Gasteiger partial charge in [0.1, 0.15) is 0 Å². The molecule has 0 aromatic rings. The standard InChI is InChI=1S/C32H58OSi/c1-22(2)12-11-13-23(3)25-15-16-26-24-14-17-28-30(4,5)29(33-34(8,9)10)19-21-32(28,7)27(24)18-20-31(25,26)6/h17,22-27,29H,11-16,18-21H2,1-10H3. The summed E-state index contributed by atoms with van der Waals surface area (Å²) in [5, 5.41) is 0. The molecule has 196 valence electrons. The Bertz CT molecular complexity index is 759. The van der Waals surface area contributed by atoms with Crippen LogP contribution in [0.4, 0.5) is 0 Å². The maximum Gasteiger partial charge on any atom is 0.184 e. The molecule has 8 unspecified atom stereocenters. The molecular weight excluding hydrogens is 428 g/mol. The van der Waals surface area contributed by atoms with Crippen LogP contribution in [-0.2, 0) is 4.43 Å². The first-order valence-electron chi connectivity index (χ1n) is 15.1. The van der Waals surface area contributed by atoms with Gasteiger partial charge in [-0.25, -0.2) is 0 Å². The number of allylic oxidation sites excluding steroid dienone is 1. The van der Waals surface area contributed by atoms with Gasteiger partial charge in [-0.2, -0.15) is 0 Å². The smallest absolute Gasteiger partial charge is 0.184 e. The second-order valence-electron chi connectivity index (χ2n) is 15.7. The van der Waals surface area contributed by atoms with E-state index < -0.39 is 8.32 Å². The van der Waals surface area contributed by atoms with Gasteiger partial charge in [-0.3, -0.25) is 0 Å². The zero-order valence-corrected chi connectivity index (χ0v) is 25.6. The van der Waals surface area contributed by atoms with E-state index in [1.54, 1.807) is 5.57 Å². The zero-order chi connectivity index (χ0) is 25.1. The molecular formula is C32H58OSi. The summed E-state index contributed by atoms with van der Waals surface area (Å²) in [5.41, 5.74) is 2.94. The van der Waals surface area contributed by atoms with E-state index in [1.165, 1.54) is 64.2 Å². The highest BCUT2D eigenvalue weighted by Crippen LogP contribution is 2.69. The van der Waals surface area contributed by atoms with Gasteiger partial charge in [-0.1, -0.05) is 79.4 Å². The molecule has 0 bridgehead atoms. The summed E-state index contributed by atoms with van der Waals surface area (Å²) in [4.78, 5) is 0. The quantitative estimate of drug-likeness (QED) is 0.257. The molecule has 0 aromatic heterocycles. The van der Waals surface area contributed by atoms with Gasteiger partial charge in [0, 0.05) is 5.41 Å². The highest BCUT2D eigenvalue weighted by atomic mass is 28.4. The van der Waals surface area contributed by atoms with Crippen LogP contribution in [0.1, 0.15) is 113 Å². The largest absolute Gasteiger partial charge is 0.414 e. The van der Waals surface area contributed by atoms with Crippen LogP contribution in [0, 0.1) is 51.8 Å². The van der Waals surface area contributed by atoms with Crippen molar-refractivity contribution >= 4 is 8.32 Å². The second kappa shape index (κ2) is 9.34. The first kappa shape index (κ1) is 27.0. The maximum atomic E-state index is 6.79. The summed E-state index contributed by atoms with van der Waals surface area (Å²) in [7, 11) is -1.54. The van der Waals surface area contributed by atoms with E-state index in [0.717, 1.165) is 35.5 Å². The fourth-order valence-corrected chi connectivity index (χ4v) is 11.3. The Morgan fingerprint density at radius 2 is 1.62 bits per heavy atom. The molecule has 0 amide bonds. The van der Waals surface area contributed by atoms with E-state index in [2.05, 4.69) is 74.2 Å². The van der Waals surface area contributed by atoms with Crippen molar-refractivity contribution in [3.8, 4) is 0 Å². The van der Waals surface area contributed by atoms with E-state index >= 15 is 0 Å². The molecule has 2 heteroatoms. The molecule has 0 aliphatic heterocycles. The minimum Gasteiger partial charge on any atom is -0.414 e. The van der Waals surface area contributed by atoms with Crippen molar-refractivity contribution in [2.45, 2.75) is 138 Å². The van der Waals surface area contributed by atoms with Gasteiger partial charge in [0.25, 0.3) is 0 Å². The van der Waals surface area contributed by atoms with Crippen LogP contribution in [0.15, 0.2) is 11.6 Å². The lowest BCUT2D eigenvalue weighted by Crippen LogP contribution is -2.56. The van der Waals surface area contributed by atoms with E-state index in [1.807, 2.05) is 0 Å². The van der Waals surface area contributed by atoms with Crippen molar-refractivity contribution in [2.24, 2.45) is 51.8 Å². The molecule has 3 fully saturated rings. The fraction of sp³-hybridized carbons (Fsp3) is 0.938. The van der Waals surface area contributed by atoms with Gasteiger partial charge >= 0.3 is 0 Å². The number of hydrogen-bond donors (Lipinski definition) is 0. The predicted molar refractivity (Wildman–Crippen MR) is 150 cm³/mol. The van der Waals surface area contributed by atoms with Crippen molar-refractivity contribution in [3.63, 3.8) is 0 Å². The van der Waals surface area contributed by atoms with Crippen LogP contribution in [0.25, 0.3) is 0 Å². The van der Waals surface area contributed by atoms with Crippen LogP contribution in [0.3, 0.4) is 0 Å². The van der Waals surface area contributed by atoms with Crippen molar-refractivity contribution in [1.82, 2.24) is 0 Å². The van der Waals surface area contributed by atoms with Crippen molar-refractivity contribution in [2.75, 3.05) is 0 Å². The molecule has 0 N–H and O–H groups in total. The van der Waals surface area contributed by atoms with Gasteiger partial charge in [-0.15, -0.1) is 0 Å². The first-order valence-corrected chi connectivity index (χ1v) is 18.5. The Morgan fingerprint density at radius 1 is 0.912 bits per heavy atom.